The number of nitrogens with zero attached hydrogens (tertiary/aromatic N) is 2. The zero-order chi connectivity index (χ0) is 13.1. The number of allylic oxidation sites excluding steroid dienone is 3. The molecular formula is C15H28N2. The van der Waals surface area contributed by atoms with Crippen LogP contribution in [0.25, 0.3) is 0 Å². The summed E-state index contributed by atoms with van der Waals surface area (Å²) in [7, 11) is 2.19. The minimum Gasteiger partial charge on any atom is -0.304 e. The van der Waals surface area contributed by atoms with Crippen molar-refractivity contribution in [1.29, 1.82) is 0 Å². The lowest BCUT2D eigenvalue weighted by atomic mass is 10.2. The van der Waals surface area contributed by atoms with Crippen LogP contribution in [0.3, 0.4) is 0 Å². The highest BCUT2D eigenvalue weighted by Gasteiger charge is 2.13. The Labute approximate surface area is 107 Å². The molecule has 98 valence electrons. The maximum Gasteiger partial charge on any atom is 0.0231 e. The zero-order valence-corrected chi connectivity index (χ0v) is 11.9. The van der Waals surface area contributed by atoms with Crippen molar-refractivity contribution in [3.05, 3.63) is 36.5 Å². The van der Waals surface area contributed by atoms with Crippen molar-refractivity contribution in [2.45, 2.75) is 20.8 Å². The first-order valence-electron chi connectivity index (χ1n) is 6.61. The molecule has 0 aromatic carbocycles. The van der Waals surface area contributed by atoms with Crippen LogP contribution in [0.2, 0.25) is 0 Å². The van der Waals surface area contributed by atoms with Crippen LogP contribution in [0.1, 0.15) is 20.8 Å². The van der Waals surface area contributed by atoms with E-state index in [1.165, 1.54) is 31.8 Å². The van der Waals surface area contributed by atoms with Gasteiger partial charge in [0.15, 0.2) is 0 Å². The quantitative estimate of drug-likeness (QED) is 0.693. The maximum absolute atomic E-state index is 3.69. The summed E-state index contributed by atoms with van der Waals surface area (Å²) in [6, 6.07) is 0. The molecule has 2 heteroatoms. The van der Waals surface area contributed by atoms with Gasteiger partial charge in [-0.25, -0.2) is 0 Å². The zero-order valence-electron chi connectivity index (χ0n) is 11.9. The minimum absolute atomic E-state index is 1.06. The molecule has 17 heavy (non-hydrogen) atoms. The van der Waals surface area contributed by atoms with Crippen molar-refractivity contribution in [3.8, 4) is 0 Å². The molecule has 0 N–H and O–H groups in total. The van der Waals surface area contributed by atoms with Gasteiger partial charge in [-0.15, -0.1) is 0 Å². The van der Waals surface area contributed by atoms with Gasteiger partial charge in [-0.05, 0) is 19.5 Å². The molecule has 0 radical (unpaired) electrons. The molecule has 1 rings (SSSR count). The number of likely N-dealkylation sites (N-methyl/N-ethyl adjacent to an activating group) is 1. The van der Waals surface area contributed by atoms with Gasteiger partial charge < -0.3 is 4.90 Å². The lowest BCUT2D eigenvalue weighted by molar-refractivity contribution is 0.164. The SMILES string of the molecule is C=C/C=C\C(=C/C)CN1CCN(C)CC1.CC. The third-order valence-corrected chi connectivity index (χ3v) is 2.82. The Hall–Kier alpha value is -0.860. The first-order valence-corrected chi connectivity index (χ1v) is 6.61. The molecule has 1 heterocycles. The van der Waals surface area contributed by atoms with E-state index < -0.39 is 0 Å². The summed E-state index contributed by atoms with van der Waals surface area (Å²) in [5.74, 6) is 0. The summed E-state index contributed by atoms with van der Waals surface area (Å²) < 4.78 is 0. The molecule has 0 aliphatic carbocycles. The lowest BCUT2D eigenvalue weighted by Crippen LogP contribution is -2.44. The van der Waals surface area contributed by atoms with E-state index in [4.69, 9.17) is 0 Å². The van der Waals surface area contributed by atoms with E-state index in [1.807, 2.05) is 26.0 Å². The summed E-state index contributed by atoms with van der Waals surface area (Å²) in [5, 5.41) is 0. The van der Waals surface area contributed by atoms with Crippen molar-refractivity contribution in [2.24, 2.45) is 0 Å². The summed E-state index contributed by atoms with van der Waals surface area (Å²) in [6.07, 6.45) is 8.16. The Morgan fingerprint density at radius 2 is 1.76 bits per heavy atom. The van der Waals surface area contributed by atoms with E-state index in [-0.39, 0.29) is 0 Å². The highest BCUT2D eigenvalue weighted by Crippen LogP contribution is 2.05. The molecule has 0 aromatic rings. The molecule has 0 spiro atoms. The van der Waals surface area contributed by atoms with Gasteiger partial charge >= 0.3 is 0 Å². The fourth-order valence-corrected chi connectivity index (χ4v) is 1.70. The molecule has 0 saturated carbocycles. The Bertz CT molecular complexity index is 246. The van der Waals surface area contributed by atoms with E-state index in [2.05, 4.69) is 42.5 Å². The second-order valence-electron chi connectivity index (χ2n) is 4.04. The van der Waals surface area contributed by atoms with E-state index in [1.54, 1.807) is 0 Å². The van der Waals surface area contributed by atoms with E-state index >= 15 is 0 Å². The molecule has 2 nitrogen and oxygen atoms in total. The normalized spacial score (nSPS) is 18.9. The summed E-state index contributed by atoms with van der Waals surface area (Å²) in [6.45, 7) is 15.6. The molecule has 0 atom stereocenters. The van der Waals surface area contributed by atoms with Gasteiger partial charge in [0.05, 0.1) is 0 Å². The average molecular weight is 236 g/mol. The standard InChI is InChI=1S/C13H22N2.C2H6/c1-4-6-7-13(5-2)12-15-10-8-14(3)9-11-15;1-2/h4-7H,1,8-12H2,2-3H3;1-2H3/b7-6-,13-5+;. The van der Waals surface area contributed by atoms with Crippen LogP contribution >= 0.6 is 0 Å². The molecule has 0 bridgehead atoms. The Morgan fingerprint density at radius 3 is 2.24 bits per heavy atom. The third-order valence-electron chi connectivity index (χ3n) is 2.82. The van der Waals surface area contributed by atoms with Crippen molar-refractivity contribution >= 4 is 0 Å². The largest absolute Gasteiger partial charge is 0.304 e. The Morgan fingerprint density at radius 1 is 1.18 bits per heavy atom. The molecule has 1 fully saturated rings. The molecule has 1 aliphatic rings. The minimum atomic E-state index is 1.06. The Balaban J connectivity index is 0.00000121. The molecule has 0 aromatic heterocycles. The van der Waals surface area contributed by atoms with Crippen LogP contribution in [-0.2, 0) is 0 Å². The van der Waals surface area contributed by atoms with Crippen molar-refractivity contribution in [1.82, 2.24) is 9.80 Å². The van der Waals surface area contributed by atoms with Gasteiger partial charge in [-0.2, -0.15) is 0 Å². The Kier molecular flexibility index (Phi) is 9.78. The van der Waals surface area contributed by atoms with Crippen LogP contribution in [0, 0.1) is 0 Å². The van der Waals surface area contributed by atoms with Crippen LogP contribution in [0.4, 0.5) is 0 Å². The molecule has 0 amide bonds. The predicted molar refractivity (Wildman–Crippen MR) is 78.4 cm³/mol. The number of piperazine rings is 1. The van der Waals surface area contributed by atoms with Gasteiger partial charge in [0.1, 0.15) is 0 Å². The maximum atomic E-state index is 3.69. The number of hydrogen-bond acceptors (Lipinski definition) is 2. The first-order chi connectivity index (χ1) is 8.26. The van der Waals surface area contributed by atoms with E-state index in [0.717, 1.165) is 6.54 Å². The van der Waals surface area contributed by atoms with Gasteiger partial charge in [0.25, 0.3) is 0 Å². The van der Waals surface area contributed by atoms with Gasteiger partial charge in [-0.3, -0.25) is 4.90 Å². The number of hydrogen-bond donors (Lipinski definition) is 0. The van der Waals surface area contributed by atoms with E-state index in [9.17, 15) is 0 Å². The van der Waals surface area contributed by atoms with Gasteiger partial charge in [-0.1, -0.05) is 44.7 Å². The third kappa shape index (κ3) is 7.14. The first kappa shape index (κ1) is 16.1. The highest BCUT2D eigenvalue weighted by molar-refractivity contribution is 5.22. The molecule has 1 aliphatic heterocycles. The predicted octanol–water partition coefficient (Wildman–Crippen LogP) is 2.95. The smallest absolute Gasteiger partial charge is 0.0231 e. The van der Waals surface area contributed by atoms with Crippen molar-refractivity contribution in [3.63, 3.8) is 0 Å². The monoisotopic (exact) mass is 236 g/mol. The van der Waals surface area contributed by atoms with Crippen LogP contribution in [-0.4, -0.2) is 49.6 Å². The second-order valence-corrected chi connectivity index (χ2v) is 4.04. The van der Waals surface area contributed by atoms with E-state index in [0.29, 0.717) is 0 Å². The summed E-state index contributed by atoms with van der Waals surface area (Å²) in [4.78, 5) is 4.88. The van der Waals surface area contributed by atoms with Gasteiger partial charge in [0.2, 0.25) is 0 Å². The lowest BCUT2D eigenvalue weighted by Gasteiger charge is -2.32. The summed E-state index contributed by atoms with van der Waals surface area (Å²) in [5.41, 5.74) is 1.37. The van der Waals surface area contributed by atoms with Crippen LogP contribution in [0.15, 0.2) is 36.5 Å². The molecule has 1 saturated heterocycles. The number of rotatable bonds is 4. The van der Waals surface area contributed by atoms with Crippen LogP contribution < -0.4 is 0 Å². The van der Waals surface area contributed by atoms with Gasteiger partial charge in [0, 0.05) is 32.7 Å². The molecular weight excluding hydrogens is 208 g/mol. The second kappa shape index (κ2) is 10.3. The summed E-state index contributed by atoms with van der Waals surface area (Å²) >= 11 is 0. The fraction of sp³-hybridized carbons (Fsp3) is 0.600. The fourth-order valence-electron chi connectivity index (χ4n) is 1.70. The average Bonchev–Trinajstić information content (AvgIpc) is 2.39. The van der Waals surface area contributed by atoms with Crippen LogP contribution in [0.5, 0.6) is 0 Å². The highest BCUT2D eigenvalue weighted by atomic mass is 15.2. The van der Waals surface area contributed by atoms with Crippen molar-refractivity contribution in [2.75, 3.05) is 39.8 Å². The molecule has 0 unspecified atom stereocenters. The topological polar surface area (TPSA) is 6.48 Å². The van der Waals surface area contributed by atoms with Crippen molar-refractivity contribution < 1.29 is 0 Å².